The predicted octanol–water partition coefficient (Wildman–Crippen LogP) is 4.27. The van der Waals surface area contributed by atoms with Crippen molar-refractivity contribution in [1.29, 1.82) is 0 Å². The van der Waals surface area contributed by atoms with Gasteiger partial charge in [0.05, 0.1) is 0 Å². The van der Waals surface area contributed by atoms with Crippen LogP contribution in [-0.2, 0) is 11.3 Å². The van der Waals surface area contributed by atoms with Crippen molar-refractivity contribution in [1.82, 2.24) is 5.32 Å². The lowest BCUT2D eigenvalue weighted by Crippen LogP contribution is -2.23. The smallest absolute Gasteiger partial charge is 0.225 e. The van der Waals surface area contributed by atoms with Crippen LogP contribution in [0.2, 0.25) is 0 Å². The number of carbonyl (C=O) groups is 1. The van der Waals surface area contributed by atoms with Crippen molar-refractivity contribution in [2.24, 2.45) is 0 Å². The second-order valence-electron chi connectivity index (χ2n) is 6.64. The molecule has 0 atom stereocenters. The van der Waals surface area contributed by atoms with Crippen LogP contribution in [-0.4, -0.2) is 25.5 Å². The lowest BCUT2D eigenvalue weighted by Gasteiger charge is -2.22. The highest BCUT2D eigenvalue weighted by molar-refractivity contribution is 5.91. The maximum absolute atomic E-state index is 12.2. The Bertz CT molecular complexity index is 723. The van der Waals surface area contributed by atoms with Gasteiger partial charge in [-0.25, -0.2) is 0 Å². The molecule has 0 aliphatic carbocycles. The average Bonchev–Trinajstić information content (AvgIpc) is 2.62. The molecule has 1 amide bonds. The molecule has 0 saturated heterocycles. The number of rotatable bonds is 9. The van der Waals surface area contributed by atoms with E-state index in [0.717, 1.165) is 30.9 Å². The number of benzene rings is 2. The van der Waals surface area contributed by atoms with Crippen LogP contribution in [0.3, 0.4) is 0 Å². The summed E-state index contributed by atoms with van der Waals surface area (Å²) in [6.45, 7) is 11.8. The lowest BCUT2D eigenvalue weighted by molar-refractivity contribution is -0.116. The molecule has 0 fully saturated rings. The van der Waals surface area contributed by atoms with E-state index in [1.54, 1.807) is 0 Å². The fraction of sp³-hybridized carbons (Fsp3) is 0.409. The molecule has 2 rings (SSSR count). The topological polar surface area (TPSA) is 44.4 Å². The van der Waals surface area contributed by atoms with Gasteiger partial charge in [-0.3, -0.25) is 4.79 Å². The summed E-state index contributed by atoms with van der Waals surface area (Å²) < 4.78 is 0. The van der Waals surface area contributed by atoms with Crippen molar-refractivity contribution < 1.29 is 4.79 Å². The van der Waals surface area contributed by atoms with Crippen molar-refractivity contribution in [2.75, 3.05) is 29.9 Å². The first-order valence-corrected chi connectivity index (χ1v) is 9.45. The highest BCUT2D eigenvalue weighted by Gasteiger charge is 2.08. The van der Waals surface area contributed by atoms with Crippen LogP contribution in [0.5, 0.6) is 0 Å². The summed E-state index contributed by atoms with van der Waals surface area (Å²) >= 11 is 0. The third-order valence-electron chi connectivity index (χ3n) is 4.55. The molecule has 0 heterocycles. The third kappa shape index (κ3) is 5.88. The molecule has 0 spiro atoms. The molecule has 0 radical (unpaired) electrons. The Hall–Kier alpha value is -2.33. The van der Waals surface area contributed by atoms with E-state index >= 15 is 0 Å². The van der Waals surface area contributed by atoms with Crippen molar-refractivity contribution in [3.63, 3.8) is 0 Å². The minimum absolute atomic E-state index is 0.0421. The first kappa shape index (κ1) is 20.0. The summed E-state index contributed by atoms with van der Waals surface area (Å²) in [5.74, 6) is 0.0421. The molecule has 0 aliphatic heterocycles. The number of amides is 1. The molecule has 26 heavy (non-hydrogen) atoms. The first-order chi connectivity index (χ1) is 12.5. The Balaban J connectivity index is 1.80. The van der Waals surface area contributed by atoms with E-state index in [4.69, 9.17) is 0 Å². The Morgan fingerprint density at radius 2 is 1.81 bits per heavy atom. The molecule has 2 N–H and O–H groups in total. The summed E-state index contributed by atoms with van der Waals surface area (Å²) in [5.41, 5.74) is 5.68. The van der Waals surface area contributed by atoms with Gasteiger partial charge in [0, 0.05) is 44.0 Å². The van der Waals surface area contributed by atoms with Crippen LogP contribution in [0.4, 0.5) is 11.4 Å². The fourth-order valence-corrected chi connectivity index (χ4v) is 3.04. The normalized spacial score (nSPS) is 10.6. The molecule has 140 valence electrons. The highest BCUT2D eigenvalue weighted by atomic mass is 16.1. The first-order valence-electron chi connectivity index (χ1n) is 9.45. The minimum Gasteiger partial charge on any atom is -0.372 e. The molecule has 0 aromatic heterocycles. The highest BCUT2D eigenvalue weighted by Crippen LogP contribution is 2.22. The number of carbonyl (C=O) groups excluding carboxylic acids is 1. The van der Waals surface area contributed by atoms with Crippen LogP contribution >= 0.6 is 0 Å². The zero-order valence-electron chi connectivity index (χ0n) is 16.4. The summed E-state index contributed by atoms with van der Waals surface area (Å²) in [6.07, 6.45) is 0.461. The van der Waals surface area contributed by atoms with Crippen LogP contribution in [0.15, 0.2) is 42.5 Å². The second-order valence-corrected chi connectivity index (χ2v) is 6.64. The van der Waals surface area contributed by atoms with Gasteiger partial charge in [0.25, 0.3) is 0 Å². The molecule has 4 heteroatoms. The number of hydrogen-bond donors (Lipinski definition) is 2. The number of anilines is 2. The van der Waals surface area contributed by atoms with Crippen LogP contribution in [0.1, 0.15) is 37.0 Å². The van der Waals surface area contributed by atoms with E-state index in [1.807, 2.05) is 13.0 Å². The zero-order valence-corrected chi connectivity index (χ0v) is 16.4. The monoisotopic (exact) mass is 353 g/mol. The van der Waals surface area contributed by atoms with E-state index in [2.05, 4.69) is 72.7 Å². The predicted molar refractivity (Wildman–Crippen MR) is 111 cm³/mol. The van der Waals surface area contributed by atoms with Gasteiger partial charge >= 0.3 is 0 Å². The van der Waals surface area contributed by atoms with Gasteiger partial charge in [0.15, 0.2) is 0 Å². The Kier molecular flexibility index (Phi) is 7.67. The molecule has 4 nitrogen and oxygen atoms in total. The maximum atomic E-state index is 12.2. The number of aryl methyl sites for hydroxylation is 2. The Labute approximate surface area is 157 Å². The summed E-state index contributed by atoms with van der Waals surface area (Å²) in [6, 6.07) is 14.6. The average molecular weight is 354 g/mol. The van der Waals surface area contributed by atoms with Crippen molar-refractivity contribution in [2.45, 2.75) is 40.7 Å². The van der Waals surface area contributed by atoms with Crippen molar-refractivity contribution in [3.05, 3.63) is 59.2 Å². The summed E-state index contributed by atoms with van der Waals surface area (Å²) in [7, 11) is 0. The largest absolute Gasteiger partial charge is 0.372 e. The summed E-state index contributed by atoms with van der Waals surface area (Å²) in [4.78, 5) is 14.5. The van der Waals surface area contributed by atoms with Crippen molar-refractivity contribution in [3.8, 4) is 0 Å². The molecule has 0 unspecified atom stereocenters. The van der Waals surface area contributed by atoms with E-state index in [1.165, 1.54) is 16.8 Å². The van der Waals surface area contributed by atoms with Gasteiger partial charge in [-0.1, -0.05) is 29.8 Å². The van der Waals surface area contributed by atoms with E-state index < -0.39 is 0 Å². The molecular weight excluding hydrogens is 322 g/mol. The van der Waals surface area contributed by atoms with Gasteiger partial charge in [-0.15, -0.1) is 0 Å². The van der Waals surface area contributed by atoms with E-state index in [-0.39, 0.29) is 5.91 Å². The standard InChI is InChI=1S/C22H31N3O/c1-5-25(6-2)20-10-11-21(18(4)15-20)24-22(26)12-13-23-16-19-9-7-8-17(3)14-19/h7-11,14-15,23H,5-6,12-13,16H2,1-4H3,(H,24,26). The maximum Gasteiger partial charge on any atom is 0.225 e. The number of nitrogens with one attached hydrogen (secondary N) is 2. The minimum atomic E-state index is 0.0421. The van der Waals surface area contributed by atoms with E-state index in [0.29, 0.717) is 13.0 Å². The molecule has 0 saturated carbocycles. The van der Waals surface area contributed by atoms with E-state index in [9.17, 15) is 4.79 Å². The molecular formula is C22H31N3O. The lowest BCUT2D eigenvalue weighted by atomic mass is 10.1. The molecule has 0 aliphatic rings. The third-order valence-corrected chi connectivity index (χ3v) is 4.55. The fourth-order valence-electron chi connectivity index (χ4n) is 3.04. The number of hydrogen-bond acceptors (Lipinski definition) is 3. The van der Waals surface area contributed by atoms with Crippen molar-refractivity contribution >= 4 is 17.3 Å². The molecule has 2 aromatic rings. The zero-order chi connectivity index (χ0) is 18.9. The van der Waals surface area contributed by atoms with Crippen LogP contribution < -0.4 is 15.5 Å². The van der Waals surface area contributed by atoms with Gasteiger partial charge in [-0.05, 0) is 57.0 Å². The Morgan fingerprint density at radius 1 is 1.04 bits per heavy atom. The van der Waals surface area contributed by atoms with Gasteiger partial charge in [0.1, 0.15) is 0 Å². The molecule has 0 bridgehead atoms. The Morgan fingerprint density at radius 3 is 2.46 bits per heavy atom. The van der Waals surface area contributed by atoms with Gasteiger partial charge in [-0.2, -0.15) is 0 Å². The molecule has 2 aromatic carbocycles. The summed E-state index contributed by atoms with van der Waals surface area (Å²) in [5, 5.41) is 6.35. The SMILES string of the molecule is CCN(CC)c1ccc(NC(=O)CCNCc2cccc(C)c2)c(C)c1. The number of nitrogens with zero attached hydrogens (tertiary/aromatic N) is 1. The second kappa shape index (κ2) is 9.97. The van der Waals surface area contributed by atoms with Crippen LogP contribution in [0.25, 0.3) is 0 Å². The van der Waals surface area contributed by atoms with Gasteiger partial charge in [0.2, 0.25) is 5.91 Å². The quantitative estimate of drug-likeness (QED) is 0.662. The van der Waals surface area contributed by atoms with Gasteiger partial charge < -0.3 is 15.5 Å². The van der Waals surface area contributed by atoms with Crippen LogP contribution in [0, 0.1) is 13.8 Å².